The number of aliphatic carboxylic acids is 1. The van der Waals surface area contributed by atoms with Gasteiger partial charge in [0.1, 0.15) is 0 Å². The van der Waals surface area contributed by atoms with Crippen LogP contribution in [0.4, 0.5) is 0 Å². The summed E-state index contributed by atoms with van der Waals surface area (Å²) in [5.41, 5.74) is 0. The maximum Gasteiger partial charge on any atom is 0.300 e. The number of hydrogen-bond acceptors (Lipinski definition) is 1. The molecule has 2 nitrogen and oxygen atoms in total. The van der Waals surface area contributed by atoms with Gasteiger partial charge in [-0.3, -0.25) is 4.79 Å². The topological polar surface area (TPSA) is 37.3 Å². The second-order valence-corrected chi connectivity index (χ2v) is 3.68. The smallest absolute Gasteiger partial charge is 0.300 e. The zero-order valence-electron chi connectivity index (χ0n) is 10.9. The quantitative estimate of drug-likeness (QED) is 0.510. The van der Waals surface area contributed by atoms with Crippen molar-refractivity contribution in [3.63, 3.8) is 0 Å². The Bertz CT molecular complexity index is 189. The third-order valence-electron chi connectivity index (χ3n) is 1.91. The maximum atomic E-state index is 9.00. The van der Waals surface area contributed by atoms with Gasteiger partial charge in [0, 0.05) is 6.92 Å². The molecule has 0 saturated carbocycles. The molecule has 0 aromatic heterocycles. The average Bonchev–Trinajstić information content (AvgIpc) is 2.21. The van der Waals surface area contributed by atoms with Gasteiger partial charge in [-0.2, -0.15) is 0 Å². The normalized spacial score (nSPS) is 10.4. The van der Waals surface area contributed by atoms with Crippen LogP contribution >= 0.6 is 0 Å². The molecule has 16 heavy (non-hydrogen) atoms. The van der Waals surface area contributed by atoms with Crippen molar-refractivity contribution in [1.29, 1.82) is 0 Å². The van der Waals surface area contributed by atoms with Gasteiger partial charge in [-0.15, -0.1) is 0 Å². The number of carboxylic acids is 1. The molecule has 0 rings (SSSR count). The largest absolute Gasteiger partial charge is 0.481 e. The minimum absolute atomic E-state index is 0.833. The first-order chi connectivity index (χ1) is 7.65. The SMILES string of the molecule is C/C=C/C=C/CCCCCCC.CC(=O)O. The minimum atomic E-state index is -0.833. The second-order valence-electron chi connectivity index (χ2n) is 3.68. The minimum Gasteiger partial charge on any atom is -0.481 e. The summed E-state index contributed by atoms with van der Waals surface area (Å²) < 4.78 is 0. The first kappa shape index (κ1) is 17.3. The van der Waals surface area contributed by atoms with Crippen LogP contribution in [0.25, 0.3) is 0 Å². The third kappa shape index (κ3) is 29.3. The molecule has 0 atom stereocenters. The number of unbranched alkanes of at least 4 members (excludes halogenated alkanes) is 5. The maximum absolute atomic E-state index is 9.00. The Labute approximate surface area is 100 Å². The molecule has 2 heteroatoms. The molecule has 1 N–H and O–H groups in total. The molecule has 0 amide bonds. The van der Waals surface area contributed by atoms with Crippen molar-refractivity contribution in [2.24, 2.45) is 0 Å². The van der Waals surface area contributed by atoms with Crippen molar-refractivity contribution in [1.82, 2.24) is 0 Å². The van der Waals surface area contributed by atoms with E-state index < -0.39 is 5.97 Å². The fraction of sp³-hybridized carbons (Fsp3) is 0.643. The highest BCUT2D eigenvalue weighted by atomic mass is 16.4. The third-order valence-corrected chi connectivity index (χ3v) is 1.91. The summed E-state index contributed by atoms with van der Waals surface area (Å²) in [5, 5.41) is 7.42. The molecule has 0 unspecified atom stereocenters. The van der Waals surface area contributed by atoms with E-state index in [0.29, 0.717) is 0 Å². The van der Waals surface area contributed by atoms with Crippen LogP contribution in [0.3, 0.4) is 0 Å². The van der Waals surface area contributed by atoms with Crippen LogP contribution in [0.2, 0.25) is 0 Å². The van der Waals surface area contributed by atoms with Crippen molar-refractivity contribution in [2.45, 2.75) is 59.3 Å². The number of carbonyl (C=O) groups is 1. The van der Waals surface area contributed by atoms with Crippen LogP contribution in [-0.4, -0.2) is 11.1 Å². The van der Waals surface area contributed by atoms with E-state index in [1.54, 1.807) is 0 Å². The van der Waals surface area contributed by atoms with Crippen molar-refractivity contribution in [2.75, 3.05) is 0 Å². The van der Waals surface area contributed by atoms with Gasteiger partial charge >= 0.3 is 0 Å². The summed E-state index contributed by atoms with van der Waals surface area (Å²) >= 11 is 0. The number of rotatable bonds is 7. The number of carboxylic acid groups (broad SMARTS) is 1. The Morgan fingerprint density at radius 1 is 1.12 bits per heavy atom. The van der Waals surface area contributed by atoms with Crippen molar-refractivity contribution in [3.05, 3.63) is 24.3 Å². The lowest BCUT2D eigenvalue weighted by atomic mass is 10.1. The van der Waals surface area contributed by atoms with E-state index in [9.17, 15) is 0 Å². The summed E-state index contributed by atoms with van der Waals surface area (Å²) in [6, 6.07) is 0. The molecule has 0 radical (unpaired) electrons. The highest BCUT2D eigenvalue weighted by molar-refractivity contribution is 5.62. The monoisotopic (exact) mass is 226 g/mol. The molecule has 0 aliphatic carbocycles. The van der Waals surface area contributed by atoms with E-state index >= 15 is 0 Å². The first-order valence-corrected chi connectivity index (χ1v) is 6.12. The predicted molar refractivity (Wildman–Crippen MR) is 70.6 cm³/mol. The van der Waals surface area contributed by atoms with Gasteiger partial charge in [-0.1, -0.05) is 56.9 Å². The van der Waals surface area contributed by atoms with E-state index in [1.165, 1.54) is 38.5 Å². The highest BCUT2D eigenvalue weighted by Gasteiger charge is 1.85. The van der Waals surface area contributed by atoms with Crippen LogP contribution in [0.1, 0.15) is 59.3 Å². The zero-order valence-corrected chi connectivity index (χ0v) is 10.9. The van der Waals surface area contributed by atoms with E-state index in [1.807, 2.05) is 6.92 Å². The van der Waals surface area contributed by atoms with E-state index in [0.717, 1.165) is 6.92 Å². The summed E-state index contributed by atoms with van der Waals surface area (Å²) in [7, 11) is 0. The van der Waals surface area contributed by atoms with Crippen molar-refractivity contribution >= 4 is 5.97 Å². The Kier molecular flexibility index (Phi) is 17.8. The predicted octanol–water partition coefficient (Wildman–Crippen LogP) is 4.57. The molecule has 0 heterocycles. The molecule has 0 bridgehead atoms. The molecule has 0 aromatic carbocycles. The van der Waals surface area contributed by atoms with Crippen LogP contribution < -0.4 is 0 Å². The van der Waals surface area contributed by atoms with E-state index in [4.69, 9.17) is 9.90 Å². The van der Waals surface area contributed by atoms with Crippen LogP contribution in [-0.2, 0) is 4.79 Å². The van der Waals surface area contributed by atoms with Crippen LogP contribution in [0, 0.1) is 0 Å². The number of allylic oxidation sites excluding steroid dienone is 4. The molecule has 0 fully saturated rings. The first-order valence-electron chi connectivity index (χ1n) is 6.12. The molecule has 0 aliphatic rings. The lowest BCUT2D eigenvalue weighted by Crippen LogP contribution is -1.78. The fourth-order valence-electron chi connectivity index (χ4n) is 1.15. The summed E-state index contributed by atoms with van der Waals surface area (Å²) in [6.45, 7) is 5.39. The van der Waals surface area contributed by atoms with Crippen molar-refractivity contribution in [3.8, 4) is 0 Å². The van der Waals surface area contributed by atoms with Gasteiger partial charge in [0.05, 0.1) is 0 Å². The van der Waals surface area contributed by atoms with Gasteiger partial charge in [0.15, 0.2) is 0 Å². The van der Waals surface area contributed by atoms with Gasteiger partial charge in [0.25, 0.3) is 5.97 Å². The van der Waals surface area contributed by atoms with Gasteiger partial charge in [0.2, 0.25) is 0 Å². The lowest BCUT2D eigenvalue weighted by molar-refractivity contribution is -0.134. The van der Waals surface area contributed by atoms with Gasteiger partial charge < -0.3 is 5.11 Å². The molecular weight excluding hydrogens is 200 g/mol. The van der Waals surface area contributed by atoms with Crippen LogP contribution in [0.5, 0.6) is 0 Å². The molecule has 0 saturated heterocycles. The molecule has 0 aromatic rings. The Morgan fingerprint density at radius 3 is 2.19 bits per heavy atom. The fourth-order valence-corrected chi connectivity index (χ4v) is 1.15. The Hall–Kier alpha value is -1.05. The molecular formula is C14H26O2. The highest BCUT2D eigenvalue weighted by Crippen LogP contribution is 2.05. The summed E-state index contributed by atoms with van der Waals surface area (Å²) in [4.78, 5) is 9.00. The Morgan fingerprint density at radius 2 is 1.69 bits per heavy atom. The second kappa shape index (κ2) is 16.4. The van der Waals surface area contributed by atoms with Gasteiger partial charge in [-0.25, -0.2) is 0 Å². The van der Waals surface area contributed by atoms with Crippen molar-refractivity contribution < 1.29 is 9.90 Å². The number of hydrogen-bond donors (Lipinski definition) is 1. The molecule has 94 valence electrons. The standard InChI is InChI=1S/C12H22.C2H4O2/c1-3-5-7-9-11-12-10-8-6-4-2;1-2(3)4/h3,5,7,9H,4,6,8,10-12H2,1-2H3;1H3,(H,3,4)/b5-3+,9-7+;. The van der Waals surface area contributed by atoms with E-state index in [2.05, 4.69) is 31.2 Å². The zero-order chi connectivity index (χ0) is 12.6. The van der Waals surface area contributed by atoms with E-state index in [-0.39, 0.29) is 0 Å². The average molecular weight is 226 g/mol. The summed E-state index contributed by atoms with van der Waals surface area (Å²) in [6.07, 6.45) is 16.7. The Balaban J connectivity index is 0. The molecule has 0 aliphatic heterocycles. The molecule has 0 spiro atoms. The van der Waals surface area contributed by atoms with Gasteiger partial charge in [-0.05, 0) is 19.8 Å². The van der Waals surface area contributed by atoms with Crippen LogP contribution in [0.15, 0.2) is 24.3 Å². The summed E-state index contributed by atoms with van der Waals surface area (Å²) in [5.74, 6) is -0.833. The lowest BCUT2D eigenvalue weighted by Gasteiger charge is -1.95.